The number of rotatable bonds is 5. The highest BCUT2D eigenvalue weighted by Crippen LogP contribution is 2.46. The molecule has 0 spiro atoms. The summed E-state index contributed by atoms with van der Waals surface area (Å²) in [4.78, 5) is 4.20. The quantitative estimate of drug-likeness (QED) is 0.545. The molecule has 32 heavy (non-hydrogen) atoms. The Hall–Kier alpha value is -3.18. The van der Waals surface area contributed by atoms with E-state index in [9.17, 15) is 22.7 Å². The summed E-state index contributed by atoms with van der Waals surface area (Å²) in [5.74, 6) is 0.259. The average Bonchev–Trinajstić information content (AvgIpc) is 3.38. The molecule has 6 nitrogen and oxygen atoms in total. The lowest BCUT2D eigenvalue weighted by molar-refractivity contribution is -0.254. The van der Waals surface area contributed by atoms with E-state index in [0.717, 1.165) is 11.3 Å². The van der Waals surface area contributed by atoms with Crippen LogP contribution in [0.4, 0.5) is 22.7 Å². The number of anilines is 1. The van der Waals surface area contributed by atoms with Crippen LogP contribution in [0.5, 0.6) is 11.5 Å². The van der Waals surface area contributed by atoms with Gasteiger partial charge in [0.1, 0.15) is 17.3 Å². The van der Waals surface area contributed by atoms with Crippen LogP contribution in [0.25, 0.3) is 11.3 Å². The minimum absolute atomic E-state index is 0.0251. The second-order valence-corrected chi connectivity index (χ2v) is 7.77. The van der Waals surface area contributed by atoms with Gasteiger partial charge in [-0.25, -0.2) is 9.37 Å². The second-order valence-electron chi connectivity index (χ2n) is 6.94. The number of hydrazone groups is 1. The Labute approximate surface area is 184 Å². The first-order valence-electron chi connectivity index (χ1n) is 9.27. The van der Waals surface area contributed by atoms with Crippen molar-refractivity contribution in [2.75, 3.05) is 19.2 Å². The van der Waals surface area contributed by atoms with Crippen LogP contribution < -0.4 is 14.5 Å². The van der Waals surface area contributed by atoms with E-state index in [1.54, 1.807) is 6.07 Å². The summed E-state index contributed by atoms with van der Waals surface area (Å²) in [6.07, 6.45) is -5.86. The number of hydrogen-bond acceptors (Lipinski definition) is 7. The highest BCUT2D eigenvalue weighted by Gasteiger charge is 2.62. The number of methoxy groups -OCH3 is 2. The van der Waals surface area contributed by atoms with Crippen LogP contribution in [-0.4, -0.2) is 41.9 Å². The van der Waals surface area contributed by atoms with Crippen LogP contribution in [0, 0.1) is 5.82 Å². The van der Waals surface area contributed by atoms with Crippen LogP contribution in [0.2, 0.25) is 0 Å². The fourth-order valence-electron chi connectivity index (χ4n) is 3.27. The molecule has 1 aromatic heterocycles. The molecule has 2 heterocycles. The van der Waals surface area contributed by atoms with Crippen LogP contribution in [-0.2, 0) is 0 Å². The van der Waals surface area contributed by atoms with Gasteiger partial charge in [0.05, 0.1) is 32.0 Å². The first-order valence-corrected chi connectivity index (χ1v) is 10.1. The van der Waals surface area contributed by atoms with E-state index in [4.69, 9.17) is 9.47 Å². The van der Waals surface area contributed by atoms with Crippen molar-refractivity contribution in [3.8, 4) is 22.8 Å². The largest absolute Gasteiger partial charge is 0.497 e. The summed E-state index contributed by atoms with van der Waals surface area (Å²) < 4.78 is 65.5. The molecular weight excluding hydrogens is 450 g/mol. The van der Waals surface area contributed by atoms with Crippen molar-refractivity contribution in [2.24, 2.45) is 5.10 Å². The number of ether oxygens (including phenoxy) is 2. The van der Waals surface area contributed by atoms with Gasteiger partial charge in [0.2, 0.25) is 5.13 Å². The van der Waals surface area contributed by atoms with E-state index in [2.05, 4.69) is 10.1 Å². The third kappa shape index (κ3) is 3.78. The molecule has 0 aliphatic carbocycles. The highest BCUT2D eigenvalue weighted by atomic mass is 32.1. The predicted molar refractivity (Wildman–Crippen MR) is 112 cm³/mol. The molecule has 0 amide bonds. The summed E-state index contributed by atoms with van der Waals surface area (Å²) in [7, 11) is 2.82. The van der Waals surface area contributed by atoms with Crippen molar-refractivity contribution in [1.82, 2.24) is 4.98 Å². The van der Waals surface area contributed by atoms with E-state index in [1.165, 1.54) is 56.0 Å². The summed E-state index contributed by atoms with van der Waals surface area (Å²) in [5.41, 5.74) is -2.19. The van der Waals surface area contributed by atoms with E-state index < -0.39 is 24.1 Å². The van der Waals surface area contributed by atoms with Crippen LogP contribution in [0.1, 0.15) is 12.0 Å². The lowest BCUT2D eigenvalue weighted by Gasteiger charge is -2.32. The number of halogens is 4. The van der Waals surface area contributed by atoms with E-state index in [-0.39, 0.29) is 22.2 Å². The molecule has 168 valence electrons. The van der Waals surface area contributed by atoms with Crippen LogP contribution in [0.15, 0.2) is 52.9 Å². The van der Waals surface area contributed by atoms with Gasteiger partial charge >= 0.3 is 6.18 Å². The molecule has 0 radical (unpaired) electrons. The number of nitrogens with zero attached hydrogens (tertiary/aromatic N) is 3. The van der Waals surface area contributed by atoms with Crippen molar-refractivity contribution in [3.05, 3.63) is 59.2 Å². The van der Waals surface area contributed by atoms with Crippen molar-refractivity contribution < 1.29 is 32.1 Å². The second kappa shape index (κ2) is 8.06. The van der Waals surface area contributed by atoms with E-state index in [1.807, 2.05) is 0 Å². The van der Waals surface area contributed by atoms with Gasteiger partial charge in [-0.1, -0.05) is 0 Å². The van der Waals surface area contributed by atoms with Crippen molar-refractivity contribution >= 4 is 22.2 Å². The van der Waals surface area contributed by atoms with Crippen LogP contribution in [0.3, 0.4) is 0 Å². The summed E-state index contributed by atoms with van der Waals surface area (Å²) >= 11 is 0.880. The minimum Gasteiger partial charge on any atom is -0.497 e. The molecule has 0 bridgehead atoms. The van der Waals surface area contributed by atoms with Crippen molar-refractivity contribution in [3.63, 3.8) is 0 Å². The number of aromatic nitrogens is 1. The van der Waals surface area contributed by atoms with Gasteiger partial charge in [0.25, 0.3) is 5.72 Å². The Kier molecular flexibility index (Phi) is 5.55. The van der Waals surface area contributed by atoms with Gasteiger partial charge in [-0.05, 0) is 36.4 Å². The maximum absolute atomic E-state index is 14.0. The summed E-state index contributed by atoms with van der Waals surface area (Å²) in [6, 6.07) is 9.97. The lowest BCUT2D eigenvalue weighted by Crippen LogP contribution is -2.55. The lowest BCUT2D eigenvalue weighted by atomic mass is 10.00. The van der Waals surface area contributed by atoms with Gasteiger partial charge in [-0.2, -0.15) is 23.3 Å². The number of benzene rings is 2. The first kappa shape index (κ1) is 22.0. The molecule has 1 aliphatic heterocycles. The van der Waals surface area contributed by atoms with E-state index in [0.29, 0.717) is 22.0 Å². The van der Waals surface area contributed by atoms with Gasteiger partial charge in [0, 0.05) is 22.6 Å². The molecule has 3 aromatic rings. The number of thiazole rings is 1. The average molecular weight is 467 g/mol. The highest BCUT2D eigenvalue weighted by molar-refractivity contribution is 7.14. The maximum atomic E-state index is 14.0. The van der Waals surface area contributed by atoms with Gasteiger partial charge in [-0.15, -0.1) is 11.3 Å². The zero-order valence-corrected chi connectivity index (χ0v) is 17.7. The Morgan fingerprint density at radius 3 is 2.44 bits per heavy atom. The Balaban J connectivity index is 1.77. The molecular formula is C21H17F4N3O3S. The number of hydrogen-bond donors (Lipinski definition) is 1. The Morgan fingerprint density at radius 1 is 1.09 bits per heavy atom. The topological polar surface area (TPSA) is 67.2 Å². The molecule has 1 atom stereocenters. The molecule has 1 N–H and O–H groups in total. The molecule has 4 rings (SSSR count). The molecule has 0 unspecified atom stereocenters. The van der Waals surface area contributed by atoms with Gasteiger partial charge in [0.15, 0.2) is 0 Å². The zero-order valence-electron chi connectivity index (χ0n) is 16.9. The molecule has 0 saturated carbocycles. The summed E-state index contributed by atoms with van der Waals surface area (Å²) in [6.45, 7) is 0. The molecule has 0 fully saturated rings. The Bertz CT molecular complexity index is 1160. The number of alkyl halides is 3. The fraction of sp³-hybridized carbons (Fsp3) is 0.238. The Morgan fingerprint density at radius 2 is 1.81 bits per heavy atom. The molecule has 1 aliphatic rings. The van der Waals surface area contributed by atoms with Gasteiger partial charge in [-0.3, -0.25) is 0 Å². The normalized spacial score (nSPS) is 18.6. The smallest absolute Gasteiger partial charge is 0.438 e. The molecule has 2 aromatic carbocycles. The monoisotopic (exact) mass is 467 g/mol. The van der Waals surface area contributed by atoms with Crippen molar-refractivity contribution in [1.29, 1.82) is 0 Å². The fourth-order valence-corrected chi connectivity index (χ4v) is 4.12. The SMILES string of the molecule is COc1ccc(C2=NN(c3nc(-c4ccc(F)cc4)cs3)[C@@](O)(C(F)(F)F)C2)c(OC)c1. The standard InChI is InChI=1S/C21H17F4N3O3S/c1-30-14-7-8-15(18(9-14)31-2)16-10-20(29,21(23,24)25)28(27-16)19-26-17(11-32-19)12-3-5-13(22)6-4-12/h3-9,11,29H,10H2,1-2H3/t20-/m0/s1. The third-order valence-electron chi connectivity index (χ3n) is 4.97. The third-order valence-corrected chi connectivity index (χ3v) is 5.79. The molecule has 11 heteroatoms. The predicted octanol–water partition coefficient (Wildman–Crippen LogP) is 4.83. The van der Waals surface area contributed by atoms with Crippen LogP contribution >= 0.6 is 11.3 Å². The van der Waals surface area contributed by atoms with Crippen molar-refractivity contribution in [2.45, 2.75) is 18.3 Å². The van der Waals surface area contributed by atoms with E-state index >= 15 is 0 Å². The minimum atomic E-state index is -5.03. The maximum Gasteiger partial charge on any atom is 0.438 e. The first-order chi connectivity index (χ1) is 15.2. The summed E-state index contributed by atoms with van der Waals surface area (Å²) in [5, 5.41) is 16.6. The molecule has 0 saturated heterocycles. The number of aliphatic hydroxyl groups is 1. The van der Waals surface area contributed by atoms with Gasteiger partial charge < -0.3 is 14.6 Å². The zero-order chi connectivity index (χ0) is 23.1.